The van der Waals surface area contributed by atoms with Crippen molar-refractivity contribution in [2.45, 2.75) is 92.1 Å². The molecule has 2 N–H and O–H groups in total. The summed E-state index contributed by atoms with van der Waals surface area (Å²) in [6.45, 7) is 14.2. The van der Waals surface area contributed by atoms with Crippen molar-refractivity contribution in [3.8, 4) is 0 Å². The zero-order valence-electron chi connectivity index (χ0n) is 26.4. The van der Waals surface area contributed by atoms with E-state index < -0.39 is 59.6 Å². The lowest BCUT2D eigenvalue weighted by atomic mass is 9.73. The smallest absolute Gasteiger partial charge is 0.410 e. The van der Waals surface area contributed by atoms with Crippen molar-refractivity contribution in [1.29, 1.82) is 0 Å². The Labute approximate surface area is 248 Å². The van der Waals surface area contributed by atoms with Crippen LogP contribution in [0.4, 0.5) is 4.79 Å². The number of hydrogen-bond acceptors (Lipinski definition) is 8. The second-order valence-corrected chi connectivity index (χ2v) is 13.0. The van der Waals surface area contributed by atoms with Gasteiger partial charge in [-0.1, -0.05) is 45.9 Å². The summed E-state index contributed by atoms with van der Waals surface area (Å²) in [5.41, 5.74) is 0.359. The normalized spacial score (nSPS) is 27.5. The van der Waals surface area contributed by atoms with Crippen LogP contribution in [-0.4, -0.2) is 73.4 Å². The number of Topliss-reactive ketones (excluding diaryl/α,β-unsaturated/α-hetero) is 1. The number of carbonyl (C=O) groups excluding carboxylic acids is 3. The average Bonchev–Trinajstić information content (AvgIpc) is 3.18. The van der Waals surface area contributed by atoms with Gasteiger partial charge in [0.25, 0.3) is 0 Å². The van der Waals surface area contributed by atoms with E-state index in [4.69, 9.17) is 9.47 Å². The number of aryl methyl sites for hydroxylation is 2. The fourth-order valence-corrected chi connectivity index (χ4v) is 5.19. The first-order valence-electron chi connectivity index (χ1n) is 14.6. The van der Waals surface area contributed by atoms with Crippen molar-refractivity contribution in [2.75, 3.05) is 13.1 Å². The third kappa shape index (κ3) is 7.77. The molecule has 232 valence electrons. The SMILES string of the molecule is Cc1nc2cc([C@@H]3CCN(C(=O)OC(C)(C)C)C/C=C\[C@H](C)[C@H](O)[C@@H](C)C(=O)C(C)(C)[C@@H](O)CC(=O)O3)ccc2n1C. The highest BCUT2D eigenvalue weighted by atomic mass is 16.6. The lowest BCUT2D eigenvalue weighted by Crippen LogP contribution is -2.45. The van der Waals surface area contributed by atoms with E-state index >= 15 is 0 Å². The number of rotatable bonds is 1. The second kappa shape index (κ2) is 13.0. The van der Waals surface area contributed by atoms with Gasteiger partial charge >= 0.3 is 12.1 Å². The number of fused-ring (bicyclic) bond motifs is 1. The van der Waals surface area contributed by atoms with Gasteiger partial charge in [0, 0.05) is 38.4 Å². The van der Waals surface area contributed by atoms with Gasteiger partial charge in [-0.05, 0) is 45.4 Å². The summed E-state index contributed by atoms with van der Waals surface area (Å²) in [4.78, 5) is 45.9. The van der Waals surface area contributed by atoms with Crippen LogP contribution < -0.4 is 0 Å². The van der Waals surface area contributed by atoms with Crippen molar-refractivity contribution < 1.29 is 34.1 Å². The summed E-state index contributed by atoms with van der Waals surface area (Å²) < 4.78 is 13.5. The molecule has 0 bridgehead atoms. The Kier molecular flexibility index (Phi) is 10.3. The second-order valence-electron chi connectivity index (χ2n) is 13.0. The molecule has 10 heteroatoms. The van der Waals surface area contributed by atoms with Gasteiger partial charge in [0.2, 0.25) is 0 Å². The number of cyclic esters (lactones) is 1. The lowest BCUT2D eigenvalue weighted by molar-refractivity contribution is -0.156. The highest BCUT2D eigenvalue weighted by molar-refractivity contribution is 5.88. The molecule has 1 aliphatic heterocycles. The van der Waals surface area contributed by atoms with Gasteiger partial charge in [0.05, 0.1) is 35.1 Å². The zero-order valence-corrected chi connectivity index (χ0v) is 26.4. The Bertz CT molecular complexity index is 1320. The van der Waals surface area contributed by atoms with Gasteiger partial charge in [0.15, 0.2) is 0 Å². The number of carbonyl (C=O) groups is 3. The summed E-state index contributed by atoms with van der Waals surface area (Å²) in [5, 5.41) is 21.9. The Morgan fingerprint density at radius 1 is 1.17 bits per heavy atom. The van der Waals surface area contributed by atoms with E-state index in [9.17, 15) is 24.6 Å². The van der Waals surface area contributed by atoms with Crippen molar-refractivity contribution in [3.63, 3.8) is 0 Å². The van der Waals surface area contributed by atoms with E-state index in [2.05, 4.69) is 4.98 Å². The number of aromatic nitrogens is 2. The number of esters is 1. The van der Waals surface area contributed by atoms with Gasteiger partial charge in [-0.2, -0.15) is 0 Å². The molecule has 1 aromatic heterocycles. The maximum Gasteiger partial charge on any atom is 0.410 e. The fourth-order valence-electron chi connectivity index (χ4n) is 5.19. The molecule has 10 nitrogen and oxygen atoms in total. The zero-order chi connectivity index (χ0) is 31.6. The first kappa shape index (κ1) is 33.3. The fraction of sp³-hybridized carbons (Fsp3) is 0.625. The first-order valence-corrected chi connectivity index (χ1v) is 14.6. The predicted molar refractivity (Wildman–Crippen MR) is 160 cm³/mol. The highest BCUT2D eigenvalue weighted by Crippen LogP contribution is 2.33. The summed E-state index contributed by atoms with van der Waals surface area (Å²) in [6, 6.07) is 5.65. The van der Waals surface area contributed by atoms with Crippen LogP contribution in [0.1, 0.15) is 78.8 Å². The quantitative estimate of drug-likeness (QED) is 0.366. The van der Waals surface area contributed by atoms with Crippen molar-refractivity contribution in [1.82, 2.24) is 14.5 Å². The molecule has 2 heterocycles. The third-order valence-electron chi connectivity index (χ3n) is 8.14. The lowest BCUT2D eigenvalue weighted by Gasteiger charge is -2.34. The third-order valence-corrected chi connectivity index (χ3v) is 8.14. The van der Waals surface area contributed by atoms with E-state index in [0.29, 0.717) is 5.56 Å². The minimum atomic E-state index is -1.33. The number of benzene rings is 1. The monoisotopic (exact) mass is 585 g/mol. The van der Waals surface area contributed by atoms with Crippen LogP contribution in [-0.2, 0) is 26.1 Å². The van der Waals surface area contributed by atoms with E-state index in [-0.39, 0.29) is 25.3 Å². The molecule has 3 rings (SSSR count). The number of aliphatic hydroxyl groups excluding tert-OH is 2. The van der Waals surface area contributed by atoms with E-state index in [1.165, 1.54) is 4.90 Å². The van der Waals surface area contributed by atoms with Gasteiger partial charge in [0.1, 0.15) is 23.3 Å². The molecule has 0 saturated heterocycles. The van der Waals surface area contributed by atoms with Gasteiger partial charge in [-0.3, -0.25) is 9.59 Å². The minimum Gasteiger partial charge on any atom is -0.457 e. The Morgan fingerprint density at radius 3 is 2.48 bits per heavy atom. The number of hydrogen-bond donors (Lipinski definition) is 2. The molecule has 1 aromatic carbocycles. The van der Waals surface area contributed by atoms with Crippen LogP contribution in [0.2, 0.25) is 0 Å². The van der Waals surface area contributed by atoms with Crippen LogP contribution in [0, 0.1) is 24.2 Å². The molecule has 0 fully saturated rings. The summed E-state index contributed by atoms with van der Waals surface area (Å²) in [6.07, 6.45) is -0.242. The molecular weight excluding hydrogens is 538 g/mol. The molecular formula is C32H47N3O7. The maximum atomic E-state index is 13.4. The van der Waals surface area contributed by atoms with Crippen molar-refractivity contribution in [3.05, 3.63) is 41.7 Å². The molecule has 0 unspecified atom stereocenters. The highest BCUT2D eigenvalue weighted by Gasteiger charge is 2.42. The van der Waals surface area contributed by atoms with E-state index in [1.807, 2.05) is 36.7 Å². The summed E-state index contributed by atoms with van der Waals surface area (Å²) >= 11 is 0. The van der Waals surface area contributed by atoms with E-state index in [1.54, 1.807) is 60.6 Å². The Balaban J connectivity index is 2.02. The van der Waals surface area contributed by atoms with Crippen LogP contribution >= 0.6 is 0 Å². The molecule has 42 heavy (non-hydrogen) atoms. The van der Waals surface area contributed by atoms with Gasteiger partial charge in [-0.15, -0.1) is 0 Å². The number of imidazole rings is 1. The van der Waals surface area contributed by atoms with Crippen LogP contribution in [0.5, 0.6) is 0 Å². The Hall–Kier alpha value is -3.24. The standard InChI is InChI=1S/C32H47N3O7/c1-19-11-10-15-35(30(40)42-31(4,5)6)16-14-25(22-12-13-24-23(17-22)33-21(3)34(24)9)41-27(37)18-26(36)32(7,8)29(39)20(2)28(19)38/h10-13,17,19-20,25-26,28,36,38H,14-16,18H2,1-9H3/b11-10-/t19-,20+,25-,26-,28-/m0/s1. The van der Waals surface area contributed by atoms with E-state index in [0.717, 1.165) is 16.9 Å². The molecule has 2 aromatic rings. The van der Waals surface area contributed by atoms with Crippen molar-refractivity contribution in [2.24, 2.45) is 24.3 Å². The number of ether oxygens (including phenoxy) is 2. The van der Waals surface area contributed by atoms with Crippen LogP contribution in [0.3, 0.4) is 0 Å². The molecule has 0 radical (unpaired) electrons. The largest absolute Gasteiger partial charge is 0.457 e. The van der Waals surface area contributed by atoms with Crippen molar-refractivity contribution >= 4 is 28.9 Å². The van der Waals surface area contributed by atoms with Crippen LogP contribution in [0.25, 0.3) is 11.0 Å². The molecule has 1 aliphatic rings. The number of aliphatic hydroxyl groups is 2. The topological polar surface area (TPSA) is 131 Å². The minimum absolute atomic E-state index is 0.192. The van der Waals surface area contributed by atoms with Gasteiger partial charge in [-0.25, -0.2) is 9.78 Å². The number of nitrogens with zero attached hydrogens (tertiary/aromatic N) is 3. The molecule has 0 spiro atoms. The maximum absolute atomic E-state index is 13.4. The average molecular weight is 586 g/mol. The summed E-state index contributed by atoms with van der Waals surface area (Å²) in [5.74, 6) is -1.41. The van der Waals surface area contributed by atoms with Crippen LogP contribution in [0.15, 0.2) is 30.4 Å². The molecule has 5 atom stereocenters. The van der Waals surface area contributed by atoms with Gasteiger partial charge < -0.3 is 29.2 Å². The molecule has 0 saturated carbocycles. The summed E-state index contributed by atoms with van der Waals surface area (Å²) in [7, 11) is 1.92. The number of ketones is 1. The first-order chi connectivity index (χ1) is 19.4. The number of amides is 1. The predicted octanol–water partition coefficient (Wildman–Crippen LogP) is 4.64. The molecule has 0 aliphatic carbocycles. The molecule has 1 amide bonds. The Morgan fingerprint density at radius 2 is 1.83 bits per heavy atom.